The molecule has 1 atom stereocenters. The molecule has 0 saturated carbocycles. The molecule has 8 heteroatoms. The summed E-state index contributed by atoms with van der Waals surface area (Å²) in [5.74, 6) is 0.365. The highest BCUT2D eigenvalue weighted by atomic mass is 16.5. The van der Waals surface area contributed by atoms with Crippen molar-refractivity contribution < 1.29 is 19.7 Å². The fraction of sp³-hybridized carbons (Fsp3) is 0.161. The number of carbonyl (C=O) groups is 1. The van der Waals surface area contributed by atoms with E-state index in [1.807, 2.05) is 48.5 Å². The van der Waals surface area contributed by atoms with Gasteiger partial charge in [0.25, 0.3) is 5.91 Å². The van der Waals surface area contributed by atoms with Crippen molar-refractivity contribution in [2.24, 2.45) is 0 Å². The maximum absolute atomic E-state index is 13.1. The van der Waals surface area contributed by atoms with Crippen molar-refractivity contribution in [1.29, 1.82) is 0 Å². The van der Waals surface area contributed by atoms with E-state index in [2.05, 4.69) is 20.6 Å². The molecule has 39 heavy (non-hydrogen) atoms. The van der Waals surface area contributed by atoms with Gasteiger partial charge in [0.2, 0.25) is 0 Å². The van der Waals surface area contributed by atoms with Gasteiger partial charge in [-0.1, -0.05) is 36.4 Å². The summed E-state index contributed by atoms with van der Waals surface area (Å²) in [6.45, 7) is 0.913. The van der Waals surface area contributed by atoms with Crippen molar-refractivity contribution in [1.82, 2.24) is 15.3 Å². The highest BCUT2D eigenvalue weighted by Gasteiger charge is 2.16. The summed E-state index contributed by atoms with van der Waals surface area (Å²) in [7, 11) is 0. The SMILES string of the molecule is O=C(Nc1ccc(C(O)NCCc2ccncc2)cc1OCCc1ccc(O)cc1)c1cc2ccccc2[nH]1. The minimum Gasteiger partial charge on any atom is -0.508 e. The van der Waals surface area contributed by atoms with Gasteiger partial charge in [-0.25, -0.2) is 0 Å². The zero-order valence-corrected chi connectivity index (χ0v) is 21.3. The van der Waals surface area contributed by atoms with E-state index in [4.69, 9.17) is 4.74 Å². The molecule has 2 heterocycles. The molecular formula is C31H30N4O4. The van der Waals surface area contributed by atoms with Gasteiger partial charge in [0, 0.05) is 36.3 Å². The molecule has 0 bridgehead atoms. The number of nitrogens with one attached hydrogen (secondary N) is 3. The lowest BCUT2D eigenvalue weighted by molar-refractivity contribution is 0.102. The van der Waals surface area contributed by atoms with Gasteiger partial charge in [0.1, 0.15) is 23.4 Å². The molecule has 0 saturated heterocycles. The fourth-order valence-electron chi connectivity index (χ4n) is 4.28. The summed E-state index contributed by atoms with van der Waals surface area (Å²) in [6.07, 6.45) is 3.93. The van der Waals surface area contributed by atoms with E-state index >= 15 is 0 Å². The lowest BCUT2D eigenvalue weighted by Crippen LogP contribution is -2.23. The molecular weight excluding hydrogens is 492 g/mol. The molecule has 0 radical (unpaired) electrons. The minimum atomic E-state index is -0.912. The highest BCUT2D eigenvalue weighted by molar-refractivity contribution is 6.06. The number of carbonyl (C=O) groups excluding carboxylic acids is 1. The molecule has 0 aliphatic carbocycles. The zero-order chi connectivity index (χ0) is 27.0. The number of rotatable bonds is 11. The second-order valence-electron chi connectivity index (χ2n) is 9.21. The largest absolute Gasteiger partial charge is 0.508 e. The Morgan fingerprint density at radius 2 is 1.69 bits per heavy atom. The van der Waals surface area contributed by atoms with E-state index < -0.39 is 6.23 Å². The van der Waals surface area contributed by atoms with E-state index in [1.54, 1.807) is 48.8 Å². The quantitative estimate of drug-likeness (QED) is 0.156. The van der Waals surface area contributed by atoms with Crippen molar-refractivity contribution in [2.75, 3.05) is 18.5 Å². The van der Waals surface area contributed by atoms with Crippen LogP contribution in [0.1, 0.15) is 33.4 Å². The fourth-order valence-corrected chi connectivity index (χ4v) is 4.28. The number of aliphatic hydroxyl groups is 1. The average Bonchev–Trinajstić information content (AvgIpc) is 3.40. The smallest absolute Gasteiger partial charge is 0.272 e. The molecule has 0 fully saturated rings. The number of benzene rings is 3. The molecule has 0 spiro atoms. The van der Waals surface area contributed by atoms with E-state index in [-0.39, 0.29) is 11.7 Å². The minimum absolute atomic E-state index is 0.208. The van der Waals surface area contributed by atoms with E-state index in [0.29, 0.717) is 42.3 Å². The second-order valence-corrected chi connectivity index (χ2v) is 9.21. The maximum atomic E-state index is 13.1. The second kappa shape index (κ2) is 12.3. The summed E-state index contributed by atoms with van der Waals surface area (Å²) in [6, 6.07) is 25.6. The van der Waals surface area contributed by atoms with Crippen molar-refractivity contribution in [3.63, 3.8) is 0 Å². The molecule has 0 aliphatic heterocycles. The number of anilines is 1. The van der Waals surface area contributed by atoms with Gasteiger partial charge in [-0.05, 0) is 71.6 Å². The first-order valence-corrected chi connectivity index (χ1v) is 12.8. The van der Waals surface area contributed by atoms with Crippen LogP contribution in [-0.4, -0.2) is 39.2 Å². The van der Waals surface area contributed by atoms with Crippen LogP contribution in [0.4, 0.5) is 5.69 Å². The number of fused-ring (bicyclic) bond motifs is 1. The number of para-hydroxylation sites is 1. The highest BCUT2D eigenvalue weighted by Crippen LogP contribution is 2.29. The number of nitrogens with zero attached hydrogens (tertiary/aromatic N) is 1. The first-order valence-electron chi connectivity index (χ1n) is 12.8. The Labute approximate surface area is 226 Å². The maximum Gasteiger partial charge on any atom is 0.272 e. The molecule has 2 aromatic heterocycles. The summed E-state index contributed by atoms with van der Waals surface area (Å²) in [5.41, 5.74) is 4.56. The van der Waals surface area contributed by atoms with Crippen LogP contribution in [0.5, 0.6) is 11.5 Å². The van der Waals surface area contributed by atoms with Gasteiger partial charge in [-0.3, -0.25) is 15.1 Å². The summed E-state index contributed by atoms with van der Waals surface area (Å²) in [5, 5.41) is 27.3. The van der Waals surface area contributed by atoms with Crippen molar-refractivity contribution in [3.05, 3.63) is 120 Å². The number of ether oxygens (including phenoxy) is 1. The molecule has 5 aromatic rings. The third kappa shape index (κ3) is 6.81. The Bertz CT molecular complexity index is 1500. The number of phenolic OH excluding ortho intramolecular Hbond substituents is 1. The average molecular weight is 523 g/mol. The molecule has 0 aliphatic rings. The number of hydrogen-bond acceptors (Lipinski definition) is 6. The van der Waals surface area contributed by atoms with Crippen molar-refractivity contribution >= 4 is 22.5 Å². The van der Waals surface area contributed by atoms with Crippen LogP contribution in [0.25, 0.3) is 10.9 Å². The zero-order valence-electron chi connectivity index (χ0n) is 21.3. The number of pyridine rings is 1. The Balaban J connectivity index is 1.30. The summed E-state index contributed by atoms with van der Waals surface area (Å²) < 4.78 is 6.10. The summed E-state index contributed by atoms with van der Waals surface area (Å²) in [4.78, 5) is 20.2. The van der Waals surface area contributed by atoms with Crippen molar-refractivity contribution in [3.8, 4) is 11.5 Å². The van der Waals surface area contributed by atoms with Crippen LogP contribution < -0.4 is 15.4 Å². The molecule has 1 unspecified atom stereocenters. The third-order valence-corrected chi connectivity index (χ3v) is 6.43. The number of phenols is 1. The van der Waals surface area contributed by atoms with Gasteiger partial charge in [0.15, 0.2) is 0 Å². The van der Waals surface area contributed by atoms with Crippen LogP contribution in [0.15, 0.2) is 97.3 Å². The Kier molecular flexibility index (Phi) is 8.16. The normalized spacial score (nSPS) is 11.8. The molecule has 3 aromatic carbocycles. The first kappa shape index (κ1) is 26.0. The first-order chi connectivity index (χ1) is 19.0. The van der Waals surface area contributed by atoms with Crippen LogP contribution in [-0.2, 0) is 12.8 Å². The molecule has 5 N–H and O–H groups in total. The van der Waals surface area contributed by atoms with Gasteiger partial charge in [-0.2, -0.15) is 0 Å². The number of H-pyrrole nitrogens is 1. The Morgan fingerprint density at radius 1 is 0.923 bits per heavy atom. The Hall–Kier alpha value is -4.66. The van der Waals surface area contributed by atoms with Gasteiger partial charge in [-0.15, -0.1) is 0 Å². The number of amides is 1. The van der Waals surface area contributed by atoms with E-state index in [9.17, 15) is 15.0 Å². The van der Waals surface area contributed by atoms with Crippen LogP contribution in [0, 0.1) is 0 Å². The lowest BCUT2D eigenvalue weighted by Gasteiger charge is -2.18. The predicted molar refractivity (Wildman–Crippen MR) is 151 cm³/mol. The van der Waals surface area contributed by atoms with E-state index in [0.717, 1.165) is 28.5 Å². The number of aromatic hydroxyl groups is 1. The van der Waals surface area contributed by atoms with Crippen LogP contribution >= 0.6 is 0 Å². The number of aromatic amines is 1. The van der Waals surface area contributed by atoms with Gasteiger partial charge >= 0.3 is 0 Å². The standard InChI is InChI=1S/C31H30N4O4/c36-25-8-5-21(6-9-25)14-18-39-29-20-24(30(37)33-17-13-22-11-15-32-16-12-22)7-10-27(29)35-31(38)28-19-23-3-1-2-4-26(23)34-28/h1-12,15-16,19-20,30,33-34,36-37H,13-14,17-18H2,(H,35,38). The number of aromatic nitrogens is 2. The van der Waals surface area contributed by atoms with E-state index in [1.165, 1.54) is 0 Å². The molecule has 8 nitrogen and oxygen atoms in total. The van der Waals surface area contributed by atoms with Gasteiger partial charge in [0.05, 0.1) is 12.3 Å². The lowest BCUT2D eigenvalue weighted by atomic mass is 10.1. The van der Waals surface area contributed by atoms with Crippen LogP contribution in [0.2, 0.25) is 0 Å². The molecule has 198 valence electrons. The van der Waals surface area contributed by atoms with Crippen LogP contribution in [0.3, 0.4) is 0 Å². The van der Waals surface area contributed by atoms with Crippen molar-refractivity contribution in [2.45, 2.75) is 19.1 Å². The topological polar surface area (TPSA) is 120 Å². The Morgan fingerprint density at radius 3 is 2.49 bits per heavy atom. The molecule has 1 amide bonds. The number of aliphatic hydroxyl groups excluding tert-OH is 1. The van der Waals surface area contributed by atoms with Gasteiger partial charge < -0.3 is 25.3 Å². The predicted octanol–water partition coefficient (Wildman–Crippen LogP) is 4.97. The number of hydrogen-bond donors (Lipinski definition) is 5. The summed E-state index contributed by atoms with van der Waals surface area (Å²) >= 11 is 0. The molecule has 5 rings (SSSR count). The monoisotopic (exact) mass is 522 g/mol. The third-order valence-electron chi connectivity index (χ3n) is 6.43.